The zero-order valence-corrected chi connectivity index (χ0v) is 19.9. The van der Waals surface area contributed by atoms with Crippen molar-refractivity contribution in [2.24, 2.45) is 15.9 Å². The van der Waals surface area contributed by atoms with Gasteiger partial charge in [-0.05, 0) is 43.9 Å². The molecule has 0 radical (unpaired) electrons. The van der Waals surface area contributed by atoms with E-state index in [9.17, 15) is 4.39 Å². The van der Waals surface area contributed by atoms with Crippen molar-refractivity contribution in [3.63, 3.8) is 0 Å². The van der Waals surface area contributed by atoms with E-state index in [1.807, 2.05) is 12.1 Å². The van der Waals surface area contributed by atoms with E-state index in [0.29, 0.717) is 31.4 Å². The van der Waals surface area contributed by atoms with Crippen LogP contribution in [-0.2, 0) is 16.0 Å². The van der Waals surface area contributed by atoms with E-state index in [1.165, 1.54) is 5.56 Å². The topological polar surface area (TPSA) is 104 Å². The molecule has 3 aliphatic heterocycles. The van der Waals surface area contributed by atoms with E-state index < -0.39 is 12.1 Å². The van der Waals surface area contributed by atoms with Gasteiger partial charge in [0.25, 0.3) is 5.97 Å². The van der Waals surface area contributed by atoms with Crippen molar-refractivity contribution in [2.75, 3.05) is 26.2 Å². The van der Waals surface area contributed by atoms with Crippen LogP contribution in [0.25, 0.3) is 0 Å². The first-order valence-corrected chi connectivity index (χ1v) is 11.7. The highest BCUT2D eigenvalue weighted by atomic mass is 35.5. The summed E-state index contributed by atoms with van der Waals surface area (Å²) in [5.41, 5.74) is 6.99. The first-order chi connectivity index (χ1) is 15.7. The number of hydrogen-bond donors (Lipinski definition) is 2. The zero-order valence-electron chi connectivity index (χ0n) is 19.2. The average Bonchev–Trinajstić information content (AvgIpc) is 3.21. The van der Waals surface area contributed by atoms with Crippen LogP contribution in [0, 0.1) is 0 Å². The molecule has 8 nitrogen and oxygen atoms in total. The zero-order chi connectivity index (χ0) is 24.0. The van der Waals surface area contributed by atoms with Crippen LogP contribution in [0.2, 0.25) is 5.02 Å². The normalized spacial score (nSPS) is 25.0. The van der Waals surface area contributed by atoms with E-state index in [0.717, 1.165) is 50.1 Å². The Morgan fingerprint density at radius 2 is 1.94 bits per heavy atom. The minimum atomic E-state index is -0.970. The summed E-state index contributed by atoms with van der Waals surface area (Å²) >= 11 is 6.03. The number of piperidine rings is 1. The fraction of sp³-hybridized carbons (Fsp3) is 0.609. The number of amidine groups is 2. The van der Waals surface area contributed by atoms with Gasteiger partial charge in [-0.2, -0.15) is 0 Å². The Labute approximate surface area is 199 Å². The molecule has 182 valence electrons. The molecule has 2 saturated heterocycles. The van der Waals surface area contributed by atoms with Crippen LogP contribution in [0.1, 0.15) is 38.7 Å². The molecule has 10 heteroatoms. The van der Waals surface area contributed by atoms with Gasteiger partial charge < -0.3 is 20.5 Å². The number of nitrogens with two attached hydrogens (primary N) is 1. The monoisotopic (exact) mass is 481 g/mol. The number of benzene rings is 1. The Bertz CT molecular complexity index is 852. The molecule has 1 aromatic carbocycles. The summed E-state index contributed by atoms with van der Waals surface area (Å²) in [4.78, 5) is 13.8. The van der Waals surface area contributed by atoms with Gasteiger partial charge in [0.2, 0.25) is 0 Å². The predicted molar refractivity (Wildman–Crippen MR) is 128 cm³/mol. The van der Waals surface area contributed by atoms with Crippen molar-refractivity contribution < 1.29 is 19.0 Å². The van der Waals surface area contributed by atoms with E-state index in [-0.39, 0.29) is 12.1 Å². The van der Waals surface area contributed by atoms with Gasteiger partial charge in [0, 0.05) is 43.7 Å². The highest BCUT2D eigenvalue weighted by molar-refractivity contribution is 6.30. The Kier molecular flexibility index (Phi) is 9.05. The summed E-state index contributed by atoms with van der Waals surface area (Å²) in [5, 5.41) is 16.3. The van der Waals surface area contributed by atoms with E-state index in [1.54, 1.807) is 6.92 Å². The smallest absolute Gasteiger partial charge is 0.300 e. The number of carboxylic acid groups (broad SMARTS) is 1. The molecule has 0 spiro atoms. The third kappa shape index (κ3) is 7.38. The second-order valence-electron chi connectivity index (χ2n) is 8.75. The van der Waals surface area contributed by atoms with Crippen LogP contribution in [0.15, 0.2) is 34.5 Å². The number of ether oxygens (including phenoxy) is 1. The number of hydrogen-bond acceptors (Lipinski definition) is 7. The molecule has 3 aliphatic rings. The minimum Gasteiger partial charge on any atom is -0.481 e. The summed E-state index contributed by atoms with van der Waals surface area (Å²) in [6, 6.07) is 8.63. The highest BCUT2D eigenvalue weighted by Gasteiger charge is 2.37. The van der Waals surface area contributed by atoms with Crippen LogP contribution in [0.5, 0.6) is 0 Å². The maximum Gasteiger partial charge on any atom is 0.300 e. The van der Waals surface area contributed by atoms with Crippen LogP contribution in [0.3, 0.4) is 0 Å². The third-order valence-electron chi connectivity index (χ3n) is 6.19. The van der Waals surface area contributed by atoms with Gasteiger partial charge in [-0.15, -0.1) is 10.2 Å². The molecule has 33 heavy (non-hydrogen) atoms. The van der Waals surface area contributed by atoms with Crippen LogP contribution < -0.4 is 5.73 Å². The van der Waals surface area contributed by atoms with Gasteiger partial charge in [-0.1, -0.05) is 23.7 Å². The molecule has 3 heterocycles. The van der Waals surface area contributed by atoms with Crippen molar-refractivity contribution in [3.05, 3.63) is 34.9 Å². The maximum atomic E-state index is 14.0. The molecule has 1 unspecified atom stereocenters. The average molecular weight is 482 g/mol. The maximum absolute atomic E-state index is 14.0. The third-order valence-corrected chi connectivity index (χ3v) is 6.44. The van der Waals surface area contributed by atoms with Crippen molar-refractivity contribution in [1.29, 1.82) is 0 Å². The Morgan fingerprint density at radius 3 is 2.48 bits per heavy atom. The second-order valence-corrected chi connectivity index (χ2v) is 9.19. The number of nitrogens with zero attached hydrogens (tertiary/aromatic N) is 4. The number of alkyl halides is 1. The molecular formula is C23H33ClFN5O3. The molecule has 1 aromatic rings. The lowest BCUT2D eigenvalue weighted by molar-refractivity contribution is -0.134. The number of aliphatic carboxylic acids is 1. The number of morpholine rings is 1. The van der Waals surface area contributed by atoms with Crippen LogP contribution in [-0.4, -0.2) is 83.1 Å². The van der Waals surface area contributed by atoms with Gasteiger partial charge in [0.15, 0.2) is 0 Å². The van der Waals surface area contributed by atoms with Gasteiger partial charge in [-0.25, -0.2) is 4.39 Å². The lowest BCUT2D eigenvalue weighted by Crippen LogP contribution is -2.58. The van der Waals surface area contributed by atoms with Gasteiger partial charge >= 0.3 is 0 Å². The molecule has 0 aliphatic carbocycles. The molecule has 0 aromatic heterocycles. The van der Waals surface area contributed by atoms with Crippen LogP contribution in [0.4, 0.5) is 4.39 Å². The molecule has 0 bridgehead atoms. The van der Waals surface area contributed by atoms with Crippen molar-refractivity contribution in [3.8, 4) is 0 Å². The number of likely N-dealkylation sites (tertiary alicyclic amines) is 1. The Balaban J connectivity index is 0.000000709. The van der Waals surface area contributed by atoms with E-state index in [2.05, 4.69) is 32.1 Å². The second kappa shape index (κ2) is 11.8. The molecule has 0 amide bonds. The summed E-state index contributed by atoms with van der Waals surface area (Å²) in [5.74, 6) is 0.717. The predicted octanol–water partition coefficient (Wildman–Crippen LogP) is 2.94. The van der Waals surface area contributed by atoms with Gasteiger partial charge in [0.05, 0.1) is 13.0 Å². The SMILES string of the molecule is CC(=O)O.CC(F)[C@H]1CN(C2CCN(C3=NN=C(N)C3)CC2)[C@@H](Cc2ccc(Cl)cc2)CO1. The van der Waals surface area contributed by atoms with Crippen LogP contribution >= 0.6 is 11.6 Å². The summed E-state index contributed by atoms with van der Waals surface area (Å²) in [6.45, 7) is 5.71. The fourth-order valence-corrected chi connectivity index (χ4v) is 4.65. The first kappa shape index (κ1) is 25.4. The fourth-order valence-electron chi connectivity index (χ4n) is 4.52. The lowest BCUT2D eigenvalue weighted by Gasteiger charge is -2.47. The van der Waals surface area contributed by atoms with Crippen molar-refractivity contribution >= 4 is 29.2 Å². The summed E-state index contributed by atoms with van der Waals surface area (Å²) < 4.78 is 19.9. The Hall–Kier alpha value is -2.23. The Morgan fingerprint density at radius 1 is 1.30 bits per heavy atom. The number of halogens is 2. The van der Waals surface area contributed by atoms with E-state index in [4.69, 9.17) is 32.0 Å². The number of carboxylic acids is 1. The summed E-state index contributed by atoms with van der Waals surface area (Å²) in [7, 11) is 0. The quantitative estimate of drug-likeness (QED) is 0.685. The standard InChI is InChI=1S/C21H29ClFN5O.C2H4O2/c1-14(23)19-12-28(18(13-29-19)10-15-2-4-16(22)5-3-15)17-6-8-27(9-7-17)21-11-20(24)25-26-21;1-2(3)4/h2-5,14,17-19H,6-13H2,1H3,(H2,24,25);1H3,(H,3,4)/t14?,18-,19+;/m0./s1. The molecule has 2 fully saturated rings. The first-order valence-electron chi connectivity index (χ1n) is 11.3. The lowest BCUT2D eigenvalue weighted by atomic mass is 9.95. The van der Waals surface area contributed by atoms with Gasteiger partial charge in [0.1, 0.15) is 23.9 Å². The van der Waals surface area contributed by atoms with Crippen molar-refractivity contribution in [2.45, 2.75) is 63.9 Å². The number of carbonyl (C=O) groups is 1. The van der Waals surface area contributed by atoms with E-state index >= 15 is 0 Å². The highest BCUT2D eigenvalue weighted by Crippen LogP contribution is 2.27. The molecular weight excluding hydrogens is 449 g/mol. The molecule has 3 atom stereocenters. The largest absolute Gasteiger partial charge is 0.481 e. The van der Waals surface area contributed by atoms with Gasteiger partial charge in [-0.3, -0.25) is 9.69 Å². The summed E-state index contributed by atoms with van der Waals surface area (Å²) in [6.07, 6.45) is 2.22. The molecule has 4 rings (SSSR count). The number of rotatable bonds is 4. The molecule has 0 saturated carbocycles. The minimum absolute atomic E-state index is 0.241. The van der Waals surface area contributed by atoms with Crippen molar-refractivity contribution in [1.82, 2.24) is 9.80 Å². The molecule has 3 N–H and O–H groups in total.